The van der Waals surface area contributed by atoms with Crippen LogP contribution in [0.3, 0.4) is 0 Å². The first-order valence-electron chi connectivity index (χ1n) is 5.34. The zero-order chi connectivity index (χ0) is 10.2. The second kappa shape index (κ2) is 6.62. The van der Waals surface area contributed by atoms with Gasteiger partial charge in [0, 0.05) is 18.4 Å². The van der Waals surface area contributed by atoms with Crippen molar-refractivity contribution in [3.8, 4) is 0 Å². The third-order valence-electron chi connectivity index (χ3n) is 2.48. The van der Waals surface area contributed by atoms with Crippen molar-refractivity contribution in [2.45, 2.75) is 19.9 Å². The zero-order valence-electron chi connectivity index (χ0n) is 9.14. The Kier molecular flexibility index (Phi) is 5.33. The zero-order valence-corrected chi connectivity index (χ0v) is 9.14. The molecule has 0 saturated heterocycles. The third-order valence-corrected chi connectivity index (χ3v) is 2.48. The summed E-state index contributed by atoms with van der Waals surface area (Å²) in [5.41, 5.74) is 1.25. The van der Waals surface area contributed by atoms with Crippen molar-refractivity contribution < 1.29 is 0 Å². The van der Waals surface area contributed by atoms with Crippen molar-refractivity contribution in [3.63, 3.8) is 0 Å². The van der Waals surface area contributed by atoms with Crippen molar-refractivity contribution in [1.82, 2.24) is 15.6 Å². The second-order valence-electron chi connectivity index (χ2n) is 3.66. The average Bonchev–Trinajstić information content (AvgIpc) is 2.69. The monoisotopic (exact) mass is 195 g/mol. The molecule has 3 nitrogen and oxygen atoms in total. The highest BCUT2D eigenvalue weighted by Crippen LogP contribution is 1.99. The number of nitrogens with one attached hydrogen (secondary N) is 3. The first-order valence-corrected chi connectivity index (χ1v) is 5.34. The van der Waals surface area contributed by atoms with Crippen LogP contribution < -0.4 is 10.6 Å². The molecule has 0 bridgehead atoms. The van der Waals surface area contributed by atoms with Crippen LogP contribution in [-0.2, 0) is 6.54 Å². The molecule has 0 fully saturated rings. The Labute approximate surface area is 86.3 Å². The predicted octanol–water partition coefficient (Wildman–Crippen LogP) is 1.35. The lowest BCUT2D eigenvalue weighted by molar-refractivity contribution is 0.443. The maximum atomic E-state index is 3.45. The largest absolute Gasteiger partial charge is 0.364 e. The van der Waals surface area contributed by atoms with Gasteiger partial charge in [0.1, 0.15) is 0 Å². The van der Waals surface area contributed by atoms with Gasteiger partial charge in [-0.1, -0.05) is 13.3 Å². The van der Waals surface area contributed by atoms with Gasteiger partial charge in [0.05, 0.1) is 0 Å². The molecule has 3 heteroatoms. The number of H-pyrrole nitrogens is 1. The Bertz CT molecular complexity index is 218. The SMILES string of the molecule is CCC(CNC)CNCc1ccc[nH]1. The van der Waals surface area contributed by atoms with Gasteiger partial charge in [-0.3, -0.25) is 0 Å². The first-order chi connectivity index (χ1) is 6.86. The number of rotatable bonds is 7. The molecule has 1 aromatic heterocycles. The Morgan fingerprint density at radius 1 is 1.43 bits per heavy atom. The van der Waals surface area contributed by atoms with Gasteiger partial charge in [-0.05, 0) is 38.2 Å². The van der Waals surface area contributed by atoms with Crippen LogP contribution in [0.1, 0.15) is 19.0 Å². The minimum atomic E-state index is 0.731. The molecule has 1 unspecified atom stereocenters. The van der Waals surface area contributed by atoms with Crippen molar-refractivity contribution in [3.05, 3.63) is 24.0 Å². The quantitative estimate of drug-likeness (QED) is 0.614. The van der Waals surface area contributed by atoms with Gasteiger partial charge in [-0.2, -0.15) is 0 Å². The van der Waals surface area contributed by atoms with E-state index in [0.29, 0.717) is 0 Å². The topological polar surface area (TPSA) is 39.8 Å². The van der Waals surface area contributed by atoms with E-state index in [1.807, 2.05) is 19.3 Å². The molecule has 1 atom stereocenters. The number of hydrogen-bond acceptors (Lipinski definition) is 2. The van der Waals surface area contributed by atoms with E-state index in [9.17, 15) is 0 Å². The summed E-state index contributed by atoms with van der Waals surface area (Å²) in [6.45, 7) is 5.34. The fourth-order valence-electron chi connectivity index (χ4n) is 1.54. The van der Waals surface area contributed by atoms with Gasteiger partial charge >= 0.3 is 0 Å². The lowest BCUT2D eigenvalue weighted by atomic mass is 10.1. The summed E-state index contributed by atoms with van der Waals surface area (Å²) in [5, 5.41) is 6.67. The summed E-state index contributed by atoms with van der Waals surface area (Å²) in [4.78, 5) is 3.18. The van der Waals surface area contributed by atoms with Crippen LogP contribution in [0.25, 0.3) is 0 Å². The van der Waals surface area contributed by atoms with E-state index in [4.69, 9.17) is 0 Å². The van der Waals surface area contributed by atoms with E-state index in [2.05, 4.69) is 28.6 Å². The molecule has 1 heterocycles. The maximum Gasteiger partial charge on any atom is 0.0357 e. The summed E-state index contributed by atoms with van der Waals surface area (Å²) in [6.07, 6.45) is 3.18. The van der Waals surface area contributed by atoms with Crippen LogP contribution in [-0.4, -0.2) is 25.1 Å². The van der Waals surface area contributed by atoms with Crippen LogP contribution in [0, 0.1) is 5.92 Å². The molecule has 0 amide bonds. The van der Waals surface area contributed by atoms with E-state index in [1.54, 1.807) is 0 Å². The molecular formula is C11H21N3. The van der Waals surface area contributed by atoms with E-state index in [1.165, 1.54) is 12.1 Å². The average molecular weight is 195 g/mol. The Morgan fingerprint density at radius 2 is 2.29 bits per heavy atom. The molecule has 0 aromatic carbocycles. The molecule has 0 saturated carbocycles. The summed E-state index contributed by atoms with van der Waals surface area (Å²) in [6, 6.07) is 4.13. The molecule has 0 aliphatic carbocycles. The molecule has 0 spiro atoms. The van der Waals surface area contributed by atoms with Gasteiger partial charge in [0.25, 0.3) is 0 Å². The Hall–Kier alpha value is -0.800. The van der Waals surface area contributed by atoms with Crippen molar-refractivity contribution in [2.75, 3.05) is 20.1 Å². The molecule has 14 heavy (non-hydrogen) atoms. The molecule has 80 valence electrons. The van der Waals surface area contributed by atoms with Gasteiger partial charge in [0.2, 0.25) is 0 Å². The van der Waals surface area contributed by atoms with Crippen molar-refractivity contribution in [1.29, 1.82) is 0 Å². The van der Waals surface area contributed by atoms with E-state index in [-0.39, 0.29) is 0 Å². The fourth-order valence-corrected chi connectivity index (χ4v) is 1.54. The van der Waals surface area contributed by atoms with Crippen LogP contribution in [0.2, 0.25) is 0 Å². The summed E-state index contributed by atoms with van der Waals surface area (Å²) in [7, 11) is 2.01. The van der Waals surface area contributed by atoms with Crippen LogP contribution in [0.5, 0.6) is 0 Å². The molecular weight excluding hydrogens is 174 g/mol. The molecule has 1 rings (SSSR count). The summed E-state index contributed by atoms with van der Waals surface area (Å²) in [5.74, 6) is 0.731. The van der Waals surface area contributed by atoms with Gasteiger partial charge in [-0.25, -0.2) is 0 Å². The van der Waals surface area contributed by atoms with Gasteiger partial charge in [0.15, 0.2) is 0 Å². The van der Waals surface area contributed by atoms with Crippen LogP contribution in [0.15, 0.2) is 18.3 Å². The number of aromatic nitrogens is 1. The molecule has 0 aliphatic rings. The van der Waals surface area contributed by atoms with Gasteiger partial charge in [-0.15, -0.1) is 0 Å². The summed E-state index contributed by atoms with van der Waals surface area (Å²) >= 11 is 0. The molecule has 0 radical (unpaired) electrons. The van der Waals surface area contributed by atoms with E-state index >= 15 is 0 Å². The van der Waals surface area contributed by atoms with Crippen LogP contribution in [0.4, 0.5) is 0 Å². The summed E-state index contributed by atoms with van der Waals surface area (Å²) < 4.78 is 0. The standard InChI is InChI=1S/C11H21N3/c1-3-10(7-12-2)8-13-9-11-5-4-6-14-11/h4-6,10,12-14H,3,7-9H2,1-2H3. The maximum absolute atomic E-state index is 3.45. The third kappa shape index (κ3) is 3.94. The van der Waals surface area contributed by atoms with Crippen molar-refractivity contribution in [2.24, 2.45) is 5.92 Å². The van der Waals surface area contributed by atoms with Gasteiger partial charge < -0.3 is 15.6 Å². The highest BCUT2D eigenvalue weighted by molar-refractivity contribution is 5.02. The number of aromatic amines is 1. The lowest BCUT2D eigenvalue weighted by Gasteiger charge is -2.14. The Morgan fingerprint density at radius 3 is 2.86 bits per heavy atom. The van der Waals surface area contributed by atoms with E-state index in [0.717, 1.165) is 25.6 Å². The van der Waals surface area contributed by atoms with E-state index < -0.39 is 0 Å². The first kappa shape index (κ1) is 11.3. The normalized spacial score (nSPS) is 13.0. The highest BCUT2D eigenvalue weighted by Gasteiger charge is 2.03. The van der Waals surface area contributed by atoms with Crippen LogP contribution >= 0.6 is 0 Å². The molecule has 0 aliphatic heterocycles. The lowest BCUT2D eigenvalue weighted by Crippen LogP contribution is -2.29. The Balaban J connectivity index is 2.13. The van der Waals surface area contributed by atoms with Crippen molar-refractivity contribution >= 4 is 0 Å². The number of hydrogen-bond donors (Lipinski definition) is 3. The fraction of sp³-hybridized carbons (Fsp3) is 0.636. The minimum absolute atomic E-state index is 0.731. The second-order valence-corrected chi connectivity index (χ2v) is 3.66. The smallest absolute Gasteiger partial charge is 0.0357 e. The molecule has 1 aromatic rings. The minimum Gasteiger partial charge on any atom is -0.364 e. The predicted molar refractivity (Wildman–Crippen MR) is 60.2 cm³/mol. The molecule has 3 N–H and O–H groups in total. The highest BCUT2D eigenvalue weighted by atomic mass is 14.9.